The van der Waals surface area contributed by atoms with Crippen LogP contribution in [0.1, 0.15) is 103 Å². The summed E-state index contributed by atoms with van der Waals surface area (Å²) in [4.78, 5) is 40.3. The van der Waals surface area contributed by atoms with E-state index in [0.29, 0.717) is 31.2 Å². The van der Waals surface area contributed by atoms with E-state index in [1.807, 2.05) is 19.9 Å². The Bertz CT molecular complexity index is 1710. The first kappa shape index (κ1) is 42.2. The second-order valence-electron chi connectivity index (χ2n) is 18.6. The van der Waals surface area contributed by atoms with Gasteiger partial charge in [-0.2, -0.15) is 0 Å². The molecule has 3 heterocycles. The van der Waals surface area contributed by atoms with Gasteiger partial charge in [0.15, 0.2) is 12.6 Å². The molecule has 1 aromatic rings. The number of aliphatic hydroxyl groups is 2. The summed E-state index contributed by atoms with van der Waals surface area (Å²) in [6, 6.07) is 8.86. The summed E-state index contributed by atoms with van der Waals surface area (Å²) in [5.41, 5.74) is -2.18. The normalized spacial score (nSPS) is 49.4. The molecule has 58 heavy (non-hydrogen) atoms. The number of epoxide rings is 1. The number of fused-ring (bicyclic) bond motifs is 2. The molecule has 7 aliphatic rings. The lowest BCUT2D eigenvalue weighted by atomic mass is 9.43. The topological polar surface area (TPSA) is 178 Å². The molecule has 14 nitrogen and oxygen atoms in total. The van der Waals surface area contributed by atoms with Gasteiger partial charge >= 0.3 is 11.9 Å². The van der Waals surface area contributed by atoms with Gasteiger partial charge in [-0.1, -0.05) is 32.0 Å². The molecule has 2 N–H and O–H groups in total. The highest BCUT2D eigenvalue weighted by Crippen LogP contribution is 2.81. The third-order valence-electron chi connectivity index (χ3n) is 15.8. The van der Waals surface area contributed by atoms with Crippen molar-refractivity contribution in [3.05, 3.63) is 35.9 Å². The maximum Gasteiger partial charge on any atom is 0.338 e. The smallest absolute Gasteiger partial charge is 0.338 e. The minimum atomic E-state index is -1.22. The van der Waals surface area contributed by atoms with Crippen molar-refractivity contribution in [2.24, 2.45) is 28.6 Å². The fraction of sp³-hybridized carbons (Fsp3) is 0.795. The van der Waals surface area contributed by atoms with Crippen LogP contribution in [0.3, 0.4) is 0 Å². The molecule has 19 atom stereocenters. The Hall–Kier alpha value is -2.53. The van der Waals surface area contributed by atoms with Gasteiger partial charge in [0.05, 0.1) is 30.0 Å². The Morgan fingerprint density at radius 3 is 2.21 bits per heavy atom. The van der Waals surface area contributed by atoms with Gasteiger partial charge in [0.25, 0.3) is 0 Å². The Balaban J connectivity index is 1.02. The lowest BCUT2D eigenvalue weighted by molar-refractivity contribution is -0.343. The minimum absolute atomic E-state index is 0.0215. The molecule has 0 amide bonds. The zero-order valence-corrected chi connectivity index (χ0v) is 35.0. The van der Waals surface area contributed by atoms with Crippen LogP contribution in [0.2, 0.25) is 0 Å². The van der Waals surface area contributed by atoms with E-state index in [2.05, 4.69) is 6.92 Å². The predicted molar refractivity (Wildman–Crippen MR) is 204 cm³/mol. The largest absolute Gasteiger partial charge is 0.458 e. The molecule has 0 radical (unpaired) electrons. The first-order valence-electron chi connectivity index (χ1n) is 21.2. The molecule has 3 aliphatic heterocycles. The second kappa shape index (κ2) is 15.4. The van der Waals surface area contributed by atoms with Crippen LogP contribution < -0.4 is 0 Å². The van der Waals surface area contributed by atoms with Crippen molar-refractivity contribution in [1.29, 1.82) is 0 Å². The summed E-state index contributed by atoms with van der Waals surface area (Å²) in [7, 11) is 3.04. The van der Waals surface area contributed by atoms with Crippen molar-refractivity contribution in [2.45, 2.75) is 178 Å². The number of ether oxygens (including phenoxy) is 9. The standard InChI is InChI=1S/C44H62O14/c1-22(45)29-16-19-44-42(29,6)38(54-25(4)46)36(56-39(49)26-12-10-9-11-13-26)37-41(5)17-15-28(20-27(41)14-18-43(37,44)58-44)55-31-21-30(50-7)34(24(3)52-31)57-40-33(48)35(51-8)32(47)23(2)53-40/h9-13,23-24,27-38,40,47-48H,14-21H2,1-8H3. The lowest BCUT2D eigenvalue weighted by Gasteiger charge is -2.61. The quantitative estimate of drug-likeness (QED) is 0.194. The highest BCUT2D eigenvalue weighted by Gasteiger charge is 2.91. The van der Waals surface area contributed by atoms with Crippen molar-refractivity contribution in [2.75, 3.05) is 14.2 Å². The molecule has 4 aliphatic carbocycles. The highest BCUT2D eigenvalue weighted by molar-refractivity contribution is 5.89. The third-order valence-corrected chi connectivity index (χ3v) is 15.8. The fourth-order valence-electron chi connectivity index (χ4n) is 13.1. The van der Waals surface area contributed by atoms with E-state index < -0.39 is 102 Å². The number of benzene rings is 1. The number of methoxy groups -OCH3 is 2. The molecular weight excluding hydrogens is 752 g/mol. The third kappa shape index (κ3) is 6.42. The van der Waals surface area contributed by atoms with E-state index in [9.17, 15) is 24.6 Å². The molecule has 0 bridgehead atoms. The van der Waals surface area contributed by atoms with Gasteiger partial charge in [0, 0.05) is 44.8 Å². The summed E-state index contributed by atoms with van der Waals surface area (Å²) in [5.74, 6) is -1.51. The number of esters is 2. The van der Waals surface area contributed by atoms with Gasteiger partial charge in [0.1, 0.15) is 53.6 Å². The van der Waals surface area contributed by atoms with Crippen LogP contribution in [-0.4, -0.2) is 127 Å². The molecule has 8 rings (SSSR count). The molecule has 2 spiro atoms. The first-order chi connectivity index (χ1) is 27.5. The van der Waals surface area contributed by atoms with Gasteiger partial charge < -0.3 is 52.8 Å². The van der Waals surface area contributed by atoms with Crippen molar-refractivity contribution in [1.82, 2.24) is 0 Å². The average molecular weight is 815 g/mol. The van der Waals surface area contributed by atoms with Crippen LogP contribution in [0.5, 0.6) is 0 Å². The molecule has 1 aromatic carbocycles. The monoisotopic (exact) mass is 814 g/mol. The van der Waals surface area contributed by atoms with Gasteiger partial charge in [-0.15, -0.1) is 0 Å². The Morgan fingerprint density at radius 2 is 1.53 bits per heavy atom. The number of ketones is 1. The SMILES string of the molecule is COC1CC(OC2CCC3(C)C(CCC45OC46CCC(C(C)=O)C6(C)C(OC(C)=O)C(OC(=O)c4ccccc4)C35)C2)OC(C)C1OC1OC(C)C(O)C(OC)C1O. The van der Waals surface area contributed by atoms with Gasteiger partial charge in [0.2, 0.25) is 0 Å². The number of Topliss-reactive ketones (excluding diaryl/α,β-unsaturated/α-hetero) is 1. The van der Waals surface area contributed by atoms with Gasteiger partial charge in [-0.05, 0) is 89.2 Å². The van der Waals surface area contributed by atoms with Crippen molar-refractivity contribution >= 4 is 17.7 Å². The molecule has 4 saturated carbocycles. The average Bonchev–Trinajstić information content (AvgIpc) is 3.74. The van der Waals surface area contributed by atoms with E-state index in [-0.39, 0.29) is 29.1 Å². The molecule has 7 fully saturated rings. The maximum absolute atomic E-state index is 14.0. The molecule has 322 valence electrons. The van der Waals surface area contributed by atoms with E-state index >= 15 is 0 Å². The Morgan fingerprint density at radius 1 is 0.793 bits per heavy atom. The number of carbonyl (C=O) groups is 3. The minimum Gasteiger partial charge on any atom is -0.458 e. The molecule has 3 saturated heterocycles. The number of carbonyl (C=O) groups excluding carboxylic acids is 3. The van der Waals surface area contributed by atoms with Crippen molar-refractivity contribution < 1.29 is 67.2 Å². The number of hydrogen-bond acceptors (Lipinski definition) is 14. The van der Waals surface area contributed by atoms with E-state index in [4.69, 9.17) is 42.6 Å². The van der Waals surface area contributed by atoms with Crippen LogP contribution in [-0.2, 0) is 52.2 Å². The molecule has 19 unspecified atom stereocenters. The summed E-state index contributed by atoms with van der Waals surface area (Å²) in [5, 5.41) is 21.4. The van der Waals surface area contributed by atoms with Crippen molar-refractivity contribution in [3.63, 3.8) is 0 Å². The zero-order valence-electron chi connectivity index (χ0n) is 35.0. The molecule has 0 aromatic heterocycles. The first-order valence-corrected chi connectivity index (χ1v) is 21.2. The van der Waals surface area contributed by atoms with Crippen LogP contribution in [0, 0.1) is 28.6 Å². The second-order valence-corrected chi connectivity index (χ2v) is 18.6. The van der Waals surface area contributed by atoms with Crippen molar-refractivity contribution in [3.8, 4) is 0 Å². The summed E-state index contributed by atoms with van der Waals surface area (Å²) in [6.07, 6.45) is -3.22. The van der Waals surface area contributed by atoms with Crippen LogP contribution >= 0.6 is 0 Å². The van der Waals surface area contributed by atoms with E-state index in [1.165, 1.54) is 14.0 Å². The maximum atomic E-state index is 14.0. The fourth-order valence-corrected chi connectivity index (χ4v) is 13.1. The number of aliphatic hydroxyl groups excluding tert-OH is 2. The predicted octanol–water partition coefficient (Wildman–Crippen LogP) is 4.29. The summed E-state index contributed by atoms with van der Waals surface area (Å²) >= 11 is 0. The zero-order chi connectivity index (χ0) is 41.5. The van der Waals surface area contributed by atoms with E-state index in [1.54, 1.807) is 45.2 Å². The summed E-state index contributed by atoms with van der Waals surface area (Å²) in [6.45, 7) is 10.9. The summed E-state index contributed by atoms with van der Waals surface area (Å²) < 4.78 is 56.6. The van der Waals surface area contributed by atoms with Gasteiger partial charge in [-0.3, -0.25) is 9.59 Å². The number of rotatable bonds is 10. The number of hydrogen-bond donors (Lipinski definition) is 2. The Kier molecular flexibility index (Phi) is 11.2. The molecule has 14 heteroatoms. The highest BCUT2D eigenvalue weighted by atomic mass is 16.7. The van der Waals surface area contributed by atoms with Crippen LogP contribution in [0.25, 0.3) is 0 Å². The lowest BCUT2D eigenvalue weighted by Crippen LogP contribution is -2.70. The Labute approximate surface area is 340 Å². The van der Waals surface area contributed by atoms with Gasteiger partial charge in [-0.25, -0.2) is 4.79 Å². The van der Waals surface area contributed by atoms with Crippen LogP contribution in [0.4, 0.5) is 0 Å². The van der Waals surface area contributed by atoms with E-state index in [0.717, 1.165) is 25.7 Å². The molecular formula is C44H62O14. The van der Waals surface area contributed by atoms with Crippen LogP contribution in [0.15, 0.2) is 30.3 Å².